The minimum absolute atomic E-state index is 0.0912. The van der Waals surface area contributed by atoms with Gasteiger partial charge >= 0.3 is 0 Å². The lowest BCUT2D eigenvalue weighted by Crippen LogP contribution is -2.49. The summed E-state index contributed by atoms with van der Waals surface area (Å²) in [5, 5.41) is 4.68. The number of anilines is 1. The van der Waals surface area contributed by atoms with Crippen LogP contribution in [0, 0.1) is 0 Å². The fraction of sp³-hybridized carbons (Fsp3) is 0.381. The van der Waals surface area contributed by atoms with Crippen molar-refractivity contribution in [2.24, 2.45) is 0 Å². The van der Waals surface area contributed by atoms with Crippen LogP contribution in [0.15, 0.2) is 35.7 Å². The van der Waals surface area contributed by atoms with Crippen LogP contribution in [-0.2, 0) is 9.59 Å². The molecule has 2 amide bonds. The van der Waals surface area contributed by atoms with Gasteiger partial charge in [0.2, 0.25) is 11.7 Å². The number of carbonyl (C=O) groups is 3. The number of ketones is 1. The van der Waals surface area contributed by atoms with Gasteiger partial charge in [-0.1, -0.05) is 26.3 Å². The lowest BCUT2D eigenvalue weighted by atomic mass is 10.1. The molecule has 1 aromatic carbocycles. The van der Waals surface area contributed by atoms with E-state index in [1.165, 1.54) is 16.2 Å². The van der Waals surface area contributed by atoms with Gasteiger partial charge in [-0.05, 0) is 42.5 Å². The summed E-state index contributed by atoms with van der Waals surface area (Å²) in [7, 11) is 0. The van der Waals surface area contributed by atoms with E-state index < -0.39 is 6.10 Å². The first kappa shape index (κ1) is 20.1. The van der Waals surface area contributed by atoms with Crippen molar-refractivity contribution < 1.29 is 19.1 Å². The van der Waals surface area contributed by atoms with Crippen molar-refractivity contribution in [2.45, 2.75) is 39.2 Å². The summed E-state index contributed by atoms with van der Waals surface area (Å²) in [4.78, 5) is 39.9. The predicted molar refractivity (Wildman–Crippen MR) is 109 cm³/mol. The summed E-state index contributed by atoms with van der Waals surface area (Å²) in [5.74, 6) is -0.0911. The van der Waals surface area contributed by atoms with E-state index in [9.17, 15) is 14.4 Å². The SMILES string of the molecule is CCCCNC(=O)CN1C(=O)[C@@H](CC)Oc2ccc(C(=O)c3cccs3)cc21. The molecule has 0 fully saturated rings. The van der Waals surface area contributed by atoms with Crippen molar-refractivity contribution in [2.75, 3.05) is 18.0 Å². The minimum Gasteiger partial charge on any atom is -0.478 e. The van der Waals surface area contributed by atoms with Crippen LogP contribution in [-0.4, -0.2) is 36.8 Å². The van der Waals surface area contributed by atoms with Crippen LogP contribution in [0.5, 0.6) is 5.75 Å². The van der Waals surface area contributed by atoms with E-state index >= 15 is 0 Å². The maximum Gasteiger partial charge on any atom is 0.268 e. The number of fused-ring (bicyclic) bond motifs is 1. The van der Waals surface area contributed by atoms with Crippen molar-refractivity contribution in [3.05, 3.63) is 46.2 Å². The maximum atomic E-state index is 12.8. The summed E-state index contributed by atoms with van der Waals surface area (Å²) in [5.41, 5.74) is 0.923. The van der Waals surface area contributed by atoms with Crippen LogP contribution in [0.25, 0.3) is 0 Å². The van der Waals surface area contributed by atoms with Crippen molar-refractivity contribution in [1.82, 2.24) is 5.32 Å². The Labute approximate surface area is 168 Å². The van der Waals surface area contributed by atoms with E-state index in [1.807, 2.05) is 25.3 Å². The van der Waals surface area contributed by atoms with E-state index in [0.717, 1.165) is 12.8 Å². The van der Waals surface area contributed by atoms with Gasteiger partial charge in [-0.25, -0.2) is 0 Å². The third kappa shape index (κ3) is 4.25. The standard InChI is InChI=1S/C21H24N2O4S/c1-3-5-10-22-19(24)13-23-15-12-14(20(25)18-7-6-11-28-18)8-9-17(15)27-16(4-2)21(23)26/h6-9,11-12,16H,3-5,10,13H2,1-2H3,(H,22,24)/t16-/m1/s1. The summed E-state index contributed by atoms with van der Waals surface area (Å²) in [6.45, 7) is 4.40. The molecule has 1 aliphatic rings. The molecule has 0 radical (unpaired) electrons. The van der Waals surface area contributed by atoms with Crippen LogP contribution >= 0.6 is 11.3 Å². The second kappa shape index (κ2) is 9.01. The Balaban J connectivity index is 1.89. The van der Waals surface area contributed by atoms with Gasteiger partial charge in [0.1, 0.15) is 12.3 Å². The molecule has 0 bridgehead atoms. The quantitative estimate of drug-likeness (QED) is 0.544. The van der Waals surface area contributed by atoms with Gasteiger partial charge < -0.3 is 10.1 Å². The molecule has 28 heavy (non-hydrogen) atoms. The summed E-state index contributed by atoms with van der Waals surface area (Å²) >= 11 is 1.37. The molecule has 0 spiro atoms. The number of hydrogen-bond acceptors (Lipinski definition) is 5. The second-order valence-corrected chi connectivity index (χ2v) is 7.58. The van der Waals surface area contributed by atoms with E-state index in [2.05, 4.69) is 5.32 Å². The molecule has 0 aliphatic carbocycles. The van der Waals surface area contributed by atoms with Gasteiger partial charge in [-0.2, -0.15) is 0 Å². The largest absolute Gasteiger partial charge is 0.478 e. The number of nitrogens with one attached hydrogen (secondary N) is 1. The van der Waals surface area contributed by atoms with Crippen LogP contribution in [0.4, 0.5) is 5.69 Å². The predicted octanol–water partition coefficient (Wildman–Crippen LogP) is 3.40. The normalized spacial score (nSPS) is 15.7. The van der Waals surface area contributed by atoms with Crippen molar-refractivity contribution in [3.63, 3.8) is 0 Å². The average Bonchev–Trinajstić information content (AvgIpc) is 3.24. The minimum atomic E-state index is -0.630. The number of carbonyl (C=O) groups excluding carboxylic acids is 3. The van der Waals surface area contributed by atoms with Gasteiger partial charge in [-0.15, -0.1) is 11.3 Å². The third-order valence-corrected chi connectivity index (χ3v) is 5.46. The molecule has 0 saturated heterocycles. The third-order valence-electron chi connectivity index (χ3n) is 4.59. The number of amides is 2. The molecule has 2 heterocycles. The summed E-state index contributed by atoms with van der Waals surface area (Å²) in [6.07, 6.45) is 1.74. The number of thiophene rings is 1. The van der Waals surface area contributed by atoms with E-state index in [-0.39, 0.29) is 24.1 Å². The number of unbranched alkanes of at least 4 members (excludes halogenated alkanes) is 1. The Morgan fingerprint density at radius 2 is 2.07 bits per heavy atom. The molecule has 148 valence electrons. The van der Waals surface area contributed by atoms with Crippen LogP contribution in [0.1, 0.15) is 48.3 Å². The lowest BCUT2D eigenvalue weighted by Gasteiger charge is -2.34. The molecule has 7 heteroatoms. The molecule has 3 rings (SSSR count). The van der Waals surface area contributed by atoms with E-state index in [1.54, 1.807) is 24.3 Å². The van der Waals surface area contributed by atoms with Crippen LogP contribution < -0.4 is 15.0 Å². The van der Waals surface area contributed by atoms with Crippen LogP contribution in [0.3, 0.4) is 0 Å². The monoisotopic (exact) mass is 400 g/mol. The van der Waals surface area contributed by atoms with E-state index in [4.69, 9.17) is 4.74 Å². The van der Waals surface area contributed by atoms with Crippen LogP contribution in [0.2, 0.25) is 0 Å². The molecular weight excluding hydrogens is 376 g/mol. The lowest BCUT2D eigenvalue weighted by molar-refractivity contribution is -0.129. The maximum absolute atomic E-state index is 12.8. The van der Waals surface area contributed by atoms with Gasteiger partial charge in [0, 0.05) is 12.1 Å². The van der Waals surface area contributed by atoms with Gasteiger partial charge in [0.15, 0.2) is 6.10 Å². The molecule has 1 atom stereocenters. The number of benzene rings is 1. The number of rotatable bonds is 8. The molecule has 2 aromatic rings. The summed E-state index contributed by atoms with van der Waals surface area (Å²) in [6, 6.07) is 8.62. The molecule has 6 nitrogen and oxygen atoms in total. The second-order valence-electron chi connectivity index (χ2n) is 6.63. The first-order valence-electron chi connectivity index (χ1n) is 9.52. The average molecular weight is 401 g/mol. The highest BCUT2D eigenvalue weighted by molar-refractivity contribution is 7.12. The number of hydrogen-bond donors (Lipinski definition) is 1. The Kier molecular flexibility index (Phi) is 6.46. The highest BCUT2D eigenvalue weighted by atomic mass is 32.1. The first-order valence-corrected chi connectivity index (χ1v) is 10.4. The highest BCUT2D eigenvalue weighted by Gasteiger charge is 2.35. The molecule has 1 aromatic heterocycles. The topological polar surface area (TPSA) is 75.7 Å². The zero-order valence-corrected chi connectivity index (χ0v) is 16.9. The zero-order chi connectivity index (χ0) is 20.1. The van der Waals surface area contributed by atoms with E-state index in [0.29, 0.717) is 34.8 Å². The van der Waals surface area contributed by atoms with Gasteiger partial charge in [0.25, 0.3) is 5.91 Å². The smallest absolute Gasteiger partial charge is 0.268 e. The fourth-order valence-corrected chi connectivity index (χ4v) is 3.73. The number of ether oxygens (including phenoxy) is 1. The fourth-order valence-electron chi connectivity index (χ4n) is 3.04. The molecule has 1 aliphatic heterocycles. The summed E-state index contributed by atoms with van der Waals surface area (Å²) < 4.78 is 5.80. The van der Waals surface area contributed by atoms with Crippen molar-refractivity contribution in [3.8, 4) is 5.75 Å². The highest BCUT2D eigenvalue weighted by Crippen LogP contribution is 2.36. The van der Waals surface area contributed by atoms with Crippen molar-refractivity contribution in [1.29, 1.82) is 0 Å². The van der Waals surface area contributed by atoms with Gasteiger partial charge in [0.05, 0.1) is 10.6 Å². The zero-order valence-electron chi connectivity index (χ0n) is 16.1. The Bertz CT molecular complexity index is 863. The first-order chi connectivity index (χ1) is 13.5. The molecule has 0 unspecified atom stereocenters. The Morgan fingerprint density at radius 1 is 1.25 bits per heavy atom. The molecular formula is C21H24N2O4S. The Hall–Kier alpha value is -2.67. The van der Waals surface area contributed by atoms with Gasteiger partial charge in [-0.3, -0.25) is 19.3 Å². The molecule has 0 saturated carbocycles. The number of nitrogens with zero attached hydrogens (tertiary/aromatic N) is 1. The van der Waals surface area contributed by atoms with Crippen molar-refractivity contribution >= 4 is 34.6 Å². The molecule has 1 N–H and O–H groups in total. The Morgan fingerprint density at radius 3 is 2.75 bits per heavy atom.